The Kier molecular flexibility index (Phi) is 4.72. The number of hydrogen-bond acceptors (Lipinski definition) is 3. The highest BCUT2D eigenvalue weighted by Gasteiger charge is 2.09. The molecule has 1 rings (SSSR count). The van der Waals surface area contributed by atoms with Crippen molar-refractivity contribution >= 4 is 12.0 Å². The summed E-state index contributed by atoms with van der Waals surface area (Å²) in [7, 11) is 0. The number of carbonyl (C=O) groups is 1. The van der Waals surface area contributed by atoms with E-state index in [1.165, 1.54) is 6.20 Å². The maximum Gasteiger partial charge on any atom is 0.355 e. The quantitative estimate of drug-likeness (QED) is 0.365. The second kappa shape index (κ2) is 6.30. The lowest BCUT2D eigenvalue weighted by Crippen LogP contribution is -2.03. The predicted molar refractivity (Wildman–Crippen MR) is 63.6 cm³/mol. The Labute approximate surface area is 98.2 Å². The SMILES string of the molecule is Cc1cnc(C(=O)O)c(C=CCCN=[N+]=[N-])c1. The van der Waals surface area contributed by atoms with Crippen LogP contribution in [-0.2, 0) is 0 Å². The van der Waals surface area contributed by atoms with Gasteiger partial charge in [-0.05, 0) is 30.5 Å². The number of azide groups is 1. The second-order valence-corrected chi connectivity index (χ2v) is 3.40. The third-order valence-electron chi connectivity index (χ3n) is 2.01. The van der Waals surface area contributed by atoms with Crippen molar-refractivity contribution in [3.8, 4) is 0 Å². The molecule has 0 saturated heterocycles. The number of carboxylic acid groups (broad SMARTS) is 1. The molecule has 0 radical (unpaired) electrons. The molecule has 0 aliphatic heterocycles. The van der Waals surface area contributed by atoms with Crippen molar-refractivity contribution in [2.24, 2.45) is 5.11 Å². The van der Waals surface area contributed by atoms with E-state index in [0.29, 0.717) is 18.5 Å². The highest BCUT2D eigenvalue weighted by atomic mass is 16.4. The van der Waals surface area contributed by atoms with Crippen LogP contribution in [0, 0.1) is 6.92 Å². The van der Waals surface area contributed by atoms with E-state index in [0.717, 1.165) is 5.56 Å². The van der Waals surface area contributed by atoms with Crippen molar-refractivity contribution in [1.29, 1.82) is 0 Å². The number of pyridine rings is 1. The largest absolute Gasteiger partial charge is 0.476 e. The number of hydrogen-bond donors (Lipinski definition) is 1. The third-order valence-corrected chi connectivity index (χ3v) is 2.01. The van der Waals surface area contributed by atoms with E-state index in [4.69, 9.17) is 10.6 Å². The molecule has 0 spiro atoms. The Hall–Kier alpha value is -2.33. The minimum absolute atomic E-state index is 0.0237. The van der Waals surface area contributed by atoms with Gasteiger partial charge < -0.3 is 5.11 Å². The molecule has 0 aliphatic carbocycles. The Morgan fingerprint density at radius 3 is 3.12 bits per heavy atom. The molecule has 1 aromatic heterocycles. The summed E-state index contributed by atoms with van der Waals surface area (Å²) in [6.45, 7) is 2.20. The molecule has 88 valence electrons. The fraction of sp³-hybridized carbons (Fsp3) is 0.273. The maximum atomic E-state index is 10.9. The highest BCUT2D eigenvalue weighted by Crippen LogP contribution is 2.11. The van der Waals surface area contributed by atoms with Crippen molar-refractivity contribution < 1.29 is 9.90 Å². The molecule has 0 unspecified atom stereocenters. The first-order chi connectivity index (χ1) is 8.15. The van der Waals surface area contributed by atoms with Gasteiger partial charge in [-0.1, -0.05) is 17.3 Å². The first-order valence-electron chi connectivity index (χ1n) is 5.02. The molecule has 0 fully saturated rings. The molecule has 1 aromatic rings. The Bertz CT molecular complexity index is 490. The van der Waals surface area contributed by atoms with Crippen LogP contribution in [0.25, 0.3) is 16.5 Å². The molecule has 0 amide bonds. The Morgan fingerprint density at radius 2 is 2.47 bits per heavy atom. The monoisotopic (exact) mass is 232 g/mol. The van der Waals surface area contributed by atoms with Gasteiger partial charge in [0.1, 0.15) is 0 Å². The normalized spacial score (nSPS) is 10.2. The summed E-state index contributed by atoms with van der Waals surface area (Å²) < 4.78 is 0. The summed E-state index contributed by atoms with van der Waals surface area (Å²) in [6, 6.07) is 1.75. The van der Waals surface area contributed by atoms with Gasteiger partial charge in [-0.15, -0.1) is 0 Å². The van der Waals surface area contributed by atoms with Gasteiger partial charge in [0.05, 0.1) is 0 Å². The second-order valence-electron chi connectivity index (χ2n) is 3.40. The number of carboxylic acids is 1. The molecule has 0 atom stereocenters. The van der Waals surface area contributed by atoms with Gasteiger partial charge >= 0.3 is 5.97 Å². The van der Waals surface area contributed by atoms with Crippen molar-refractivity contribution in [2.45, 2.75) is 13.3 Å². The molecule has 17 heavy (non-hydrogen) atoms. The first kappa shape index (κ1) is 12.7. The lowest BCUT2D eigenvalue weighted by molar-refractivity contribution is 0.0690. The standard InChI is InChI=1S/C11H12N4O2/c1-8-6-9(4-2-3-5-14-15-12)10(11(16)17)13-7-8/h2,4,6-7H,3,5H2,1H3,(H,16,17). The van der Waals surface area contributed by atoms with Crippen LogP contribution in [0.2, 0.25) is 0 Å². The summed E-state index contributed by atoms with van der Waals surface area (Å²) >= 11 is 0. The molecular weight excluding hydrogens is 220 g/mol. The first-order valence-corrected chi connectivity index (χ1v) is 5.02. The summed E-state index contributed by atoms with van der Waals surface area (Å²) in [5, 5.41) is 12.3. The summed E-state index contributed by atoms with van der Waals surface area (Å²) in [5.41, 5.74) is 9.55. The number of aromatic carboxylic acids is 1. The van der Waals surface area contributed by atoms with Gasteiger partial charge in [-0.25, -0.2) is 9.78 Å². The fourth-order valence-electron chi connectivity index (χ4n) is 1.28. The van der Waals surface area contributed by atoms with Crippen molar-refractivity contribution in [3.63, 3.8) is 0 Å². The summed E-state index contributed by atoms with van der Waals surface area (Å²) in [4.78, 5) is 17.4. The average Bonchev–Trinajstić information content (AvgIpc) is 2.28. The van der Waals surface area contributed by atoms with Crippen LogP contribution >= 0.6 is 0 Å². The van der Waals surface area contributed by atoms with Gasteiger partial charge in [0.15, 0.2) is 5.69 Å². The van der Waals surface area contributed by atoms with Crippen LogP contribution in [0.15, 0.2) is 23.5 Å². The van der Waals surface area contributed by atoms with Crippen molar-refractivity contribution in [1.82, 2.24) is 4.98 Å². The van der Waals surface area contributed by atoms with Crippen LogP contribution in [0.4, 0.5) is 0 Å². The van der Waals surface area contributed by atoms with Gasteiger partial charge in [-0.2, -0.15) is 0 Å². The fourth-order valence-corrected chi connectivity index (χ4v) is 1.28. The minimum Gasteiger partial charge on any atom is -0.476 e. The molecule has 1 N–H and O–H groups in total. The van der Waals surface area contributed by atoms with Crippen LogP contribution < -0.4 is 0 Å². The molecule has 0 aliphatic rings. The van der Waals surface area contributed by atoms with E-state index in [1.54, 1.807) is 18.2 Å². The topological polar surface area (TPSA) is 99.0 Å². The molecule has 0 bridgehead atoms. The number of nitrogens with zero attached hydrogens (tertiary/aromatic N) is 4. The van der Waals surface area contributed by atoms with Gasteiger partial charge in [0, 0.05) is 23.2 Å². The predicted octanol–water partition coefficient (Wildman–Crippen LogP) is 2.80. The number of aryl methyl sites for hydroxylation is 1. The number of rotatable bonds is 5. The Morgan fingerprint density at radius 1 is 1.71 bits per heavy atom. The molecular formula is C11H12N4O2. The molecule has 0 aromatic carbocycles. The Balaban J connectivity index is 2.84. The van der Waals surface area contributed by atoms with E-state index in [1.807, 2.05) is 6.92 Å². The van der Waals surface area contributed by atoms with E-state index in [9.17, 15) is 4.79 Å². The van der Waals surface area contributed by atoms with Crippen molar-refractivity contribution in [3.05, 3.63) is 45.6 Å². The van der Waals surface area contributed by atoms with Crippen LogP contribution in [0.1, 0.15) is 28.0 Å². The lowest BCUT2D eigenvalue weighted by Gasteiger charge is -2.01. The van der Waals surface area contributed by atoms with Crippen LogP contribution in [0.3, 0.4) is 0 Å². The van der Waals surface area contributed by atoms with E-state index in [2.05, 4.69) is 15.0 Å². The maximum absolute atomic E-state index is 10.9. The van der Waals surface area contributed by atoms with Gasteiger partial charge in [0.25, 0.3) is 0 Å². The molecule has 1 heterocycles. The van der Waals surface area contributed by atoms with Crippen LogP contribution in [-0.4, -0.2) is 22.6 Å². The number of aromatic nitrogens is 1. The van der Waals surface area contributed by atoms with Crippen molar-refractivity contribution in [2.75, 3.05) is 6.54 Å². The smallest absolute Gasteiger partial charge is 0.355 e. The zero-order valence-electron chi connectivity index (χ0n) is 9.37. The molecule has 0 saturated carbocycles. The van der Waals surface area contributed by atoms with Gasteiger partial charge in [0.2, 0.25) is 0 Å². The zero-order chi connectivity index (χ0) is 12.7. The van der Waals surface area contributed by atoms with E-state index < -0.39 is 5.97 Å². The zero-order valence-corrected chi connectivity index (χ0v) is 9.37. The summed E-state index contributed by atoms with van der Waals surface area (Å²) in [5.74, 6) is -1.06. The van der Waals surface area contributed by atoms with E-state index in [-0.39, 0.29) is 5.69 Å². The third kappa shape index (κ3) is 3.96. The lowest BCUT2D eigenvalue weighted by atomic mass is 10.1. The summed E-state index contributed by atoms with van der Waals surface area (Å²) in [6.07, 6.45) is 5.52. The average molecular weight is 232 g/mol. The molecule has 6 nitrogen and oxygen atoms in total. The van der Waals surface area contributed by atoms with Gasteiger partial charge in [-0.3, -0.25) is 0 Å². The van der Waals surface area contributed by atoms with E-state index >= 15 is 0 Å². The minimum atomic E-state index is -1.06. The highest BCUT2D eigenvalue weighted by molar-refractivity contribution is 5.89. The molecule has 6 heteroatoms. The van der Waals surface area contributed by atoms with Crippen LogP contribution in [0.5, 0.6) is 0 Å².